The number of carbonyl (C=O) groups is 2. The van der Waals surface area contributed by atoms with Crippen LogP contribution in [0, 0.1) is 11.5 Å². The zero-order valence-electron chi connectivity index (χ0n) is 17.3. The average molecular weight is 412 g/mol. The minimum Gasteiger partial charge on any atom is -0.497 e. The largest absolute Gasteiger partial charge is 0.497 e. The Bertz CT molecular complexity index is 811. The van der Waals surface area contributed by atoms with Crippen molar-refractivity contribution in [3.8, 4) is 11.9 Å². The molecule has 0 spiro atoms. The lowest BCUT2D eigenvalue weighted by Gasteiger charge is -2.25. The summed E-state index contributed by atoms with van der Waals surface area (Å²) >= 11 is 0. The second-order valence-electron chi connectivity index (χ2n) is 7.43. The van der Waals surface area contributed by atoms with Crippen molar-refractivity contribution in [2.75, 3.05) is 38.6 Å². The predicted octanol–water partition coefficient (Wildman–Crippen LogP) is 1.54. The number of aliphatic imine (C=N–C) groups is 1. The molecule has 2 N–H and O–H groups in total. The number of rotatable bonds is 5. The van der Waals surface area contributed by atoms with Gasteiger partial charge in [0.05, 0.1) is 13.7 Å². The van der Waals surface area contributed by atoms with Gasteiger partial charge in [0.1, 0.15) is 11.8 Å². The standard InChI is InChI=1S/C21H28N6O3/c1-30-17-9-7-16(8-10-17)24-21(23-15-22)25-18-6-2-3-13-27(20(18)29)14-19(28)26-11-4-5-12-26/h7-10,18H,2-6,11-14H2,1H3,(H2,23,24,25). The van der Waals surface area contributed by atoms with Crippen molar-refractivity contribution in [1.82, 2.24) is 15.1 Å². The molecule has 2 heterocycles. The quantitative estimate of drug-likeness (QED) is 0.329. The predicted molar refractivity (Wildman–Crippen MR) is 113 cm³/mol. The lowest BCUT2D eigenvalue weighted by atomic mass is 10.1. The maximum atomic E-state index is 13.1. The van der Waals surface area contributed by atoms with Gasteiger partial charge >= 0.3 is 0 Å². The summed E-state index contributed by atoms with van der Waals surface area (Å²) in [5.74, 6) is 0.740. The van der Waals surface area contributed by atoms with Crippen LogP contribution in [0.1, 0.15) is 32.1 Å². The van der Waals surface area contributed by atoms with Gasteiger partial charge in [-0.2, -0.15) is 5.26 Å². The number of hydrogen-bond acceptors (Lipinski definition) is 5. The van der Waals surface area contributed by atoms with Gasteiger partial charge in [-0.15, -0.1) is 0 Å². The van der Waals surface area contributed by atoms with E-state index in [0.717, 1.165) is 38.8 Å². The Morgan fingerprint density at radius 3 is 2.57 bits per heavy atom. The van der Waals surface area contributed by atoms with Gasteiger partial charge in [-0.25, -0.2) is 4.99 Å². The Labute approximate surface area is 176 Å². The third kappa shape index (κ3) is 5.63. The van der Waals surface area contributed by atoms with Gasteiger partial charge in [-0.1, -0.05) is 0 Å². The van der Waals surface area contributed by atoms with Crippen LogP contribution in [0.25, 0.3) is 0 Å². The Morgan fingerprint density at radius 2 is 1.90 bits per heavy atom. The van der Waals surface area contributed by atoms with Gasteiger partial charge in [0.15, 0.2) is 6.19 Å². The van der Waals surface area contributed by atoms with Crippen molar-refractivity contribution in [2.45, 2.75) is 38.1 Å². The molecule has 9 nitrogen and oxygen atoms in total. The highest BCUT2D eigenvalue weighted by Crippen LogP contribution is 2.18. The molecule has 3 rings (SSSR count). The highest BCUT2D eigenvalue weighted by atomic mass is 16.5. The number of nitriles is 1. The lowest BCUT2D eigenvalue weighted by Crippen LogP contribution is -2.45. The molecule has 9 heteroatoms. The van der Waals surface area contributed by atoms with Gasteiger partial charge in [-0.3, -0.25) is 14.9 Å². The molecular weight excluding hydrogens is 384 g/mol. The van der Waals surface area contributed by atoms with E-state index in [1.54, 1.807) is 36.3 Å². The van der Waals surface area contributed by atoms with Gasteiger partial charge in [0, 0.05) is 25.3 Å². The number of benzene rings is 1. The van der Waals surface area contributed by atoms with Crippen molar-refractivity contribution < 1.29 is 14.3 Å². The molecule has 1 unspecified atom stereocenters. The summed E-state index contributed by atoms with van der Waals surface area (Å²) in [6.45, 7) is 2.18. The molecule has 160 valence electrons. The Morgan fingerprint density at radius 1 is 1.20 bits per heavy atom. The second-order valence-corrected chi connectivity index (χ2v) is 7.43. The van der Waals surface area contributed by atoms with E-state index in [1.165, 1.54) is 0 Å². The van der Waals surface area contributed by atoms with Crippen LogP contribution in [-0.2, 0) is 9.59 Å². The van der Waals surface area contributed by atoms with E-state index in [1.807, 2.05) is 11.1 Å². The average Bonchev–Trinajstić information content (AvgIpc) is 3.24. The zero-order valence-corrected chi connectivity index (χ0v) is 17.3. The number of anilines is 1. The lowest BCUT2D eigenvalue weighted by molar-refractivity contribution is -0.140. The Kier molecular flexibility index (Phi) is 7.49. The highest BCUT2D eigenvalue weighted by molar-refractivity contribution is 5.97. The second kappa shape index (κ2) is 10.5. The number of nitrogens with zero attached hydrogens (tertiary/aromatic N) is 4. The van der Waals surface area contributed by atoms with Crippen molar-refractivity contribution in [3.05, 3.63) is 24.3 Å². The van der Waals surface area contributed by atoms with E-state index in [0.29, 0.717) is 24.4 Å². The van der Waals surface area contributed by atoms with Crippen LogP contribution in [0.4, 0.5) is 5.69 Å². The number of hydrogen-bond donors (Lipinski definition) is 2. The summed E-state index contributed by atoms with van der Waals surface area (Å²) in [6.07, 6.45) is 6.14. The van der Waals surface area contributed by atoms with E-state index < -0.39 is 6.04 Å². The number of amides is 2. The molecule has 2 aliphatic rings. The molecule has 2 saturated heterocycles. The summed E-state index contributed by atoms with van der Waals surface area (Å²) < 4.78 is 5.14. The van der Waals surface area contributed by atoms with Crippen molar-refractivity contribution in [3.63, 3.8) is 0 Å². The smallest absolute Gasteiger partial charge is 0.247 e. The number of likely N-dealkylation sites (tertiary alicyclic amines) is 2. The van der Waals surface area contributed by atoms with Crippen molar-refractivity contribution in [2.24, 2.45) is 4.99 Å². The van der Waals surface area contributed by atoms with E-state index in [9.17, 15) is 9.59 Å². The van der Waals surface area contributed by atoms with E-state index in [-0.39, 0.29) is 24.3 Å². The first kappa shape index (κ1) is 21.4. The fourth-order valence-corrected chi connectivity index (χ4v) is 3.71. The summed E-state index contributed by atoms with van der Waals surface area (Å²) in [4.78, 5) is 33.5. The number of guanidine groups is 1. The maximum absolute atomic E-state index is 13.1. The molecule has 1 aromatic rings. The van der Waals surface area contributed by atoms with Crippen molar-refractivity contribution in [1.29, 1.82) is 5.26 Å². The molecule has 2 aliphatic heterocycles. The van der Waals surface area contributed by atoms with Crippen LogP contribution in [0.5, 0.6) is 5.75 Å². The van der Waals surface area contributed by atoms with E-state index in [4.69, 9.17) is 10.00 Å². The third-order valence-corrected chi connectivity index (χ3v) is 5.35. The fourth-order valence-electron chi connectivity index (χ4n) is 3.71. The van der Waals surface area contributed by atoms with Crippen LogP contribution in [0.3, 0.4) is 0 Å². The molecule has 0 saturated carbocycles. The molecule has 0 aromatic heterocycles. The summed E-state index contributed by atoms with van der Waals surface area (Å²) in [7, 11) is 1.59. The first-order valence-corrected chi connectivity index (χ1v) is 10.3. The third-order valence-electron chi connectivity index (χ3n) is 5.35. The maximum Gasteiger partial charge on any atom is 0.247 e. The molecule has 2 fully saturated rings. The van der Waals surface area contributed by atoms with E-state index >= 15 is 0 Å². The van der Waals surface area contributed by atoms with Gasteiger partial charge in [0.2, 0.25) is 17.8 Å². The molecule has 1 atom stereocenters. The van der Waals surface area contributed by atoms with Gasteiger partial charge in [-0.05, 0) is 56.4 Å². The molecule has 1 aromatic carbocycles. The number of carbonyl (C=O) groups excluding carboxylic acids is 2. The minimum absolute atomic E-state index is 0.00258. The molecular formula is C21H28N6O3. The number of nitrogens with one attached hydrogen (secondary N) is 2. The summed E-state index contributed by atoms with van der Waals surface area (Å²) in [5, 5.41) is 14.6. The SMILES string of the molecule is COc1ccc(NC(=NC2CCCCN(CC(=O)N3CCCC3)C2=O)NC#N)cc1. The summed E-state index contributed by atoms with van der Waals surface area (Å²) in [5.41, 5.74) is 0.708. The van der Waals surface area contributed by atoms with Crippen LogP contribution in [-0.4, -0.2) is 66.9 Å². The molecule has 30 heavy (non-hydrogen) atoms. The molecule has 0 radical (unpaired) electrons. The normalized spacial score (nSPS) is 19.8. The summed E-state index contributed by atoms with van der Waals surface area (Å²) in [6, 6.07) is 6.52. The van der Waals surface area contributed by atoms with Crippen LogP contribution in [0.2, 0.25) is 0 Å². The number of methoxy groups -OCH3 is 1. The Hall–Kier alpha value is -3.28. The topological polar surface area (TPSA) is 110 Å². The minimum atomic E-state index is -0.638. The van der Waals surface area contributed by atoms with Crippen LogP contribution in [0.15, 0.2) is 29.3 Å². The first-order chi connectivity index (χ1) is 14.6. The van der Waals surface area contributed by atoms with Gasteiger partial charge in [0.25, 0.3) is 0 Å². The molecule has 0 aliphatic carbocycles. The highest BCUT2D eigenvalue weighted by Gasteiger charge is 2.30. The molecule has 2 amide bonds. The fraction of sp³-hybridized carbons (Fsp3) is 0.524. The number of ether oxygens (including phenoxy) is 1. The molecule has 0 bridgehead atoms. The van der Waals surface area contributed by atoms with E-state index in [2.05, 4.69) is 15.6 Å². The first-order valence-electron chi connectivity index (χ1n) is 10.3. The van der Waals surface area contributed by atoms with Gasteiger partial charge < -0.3 is 19.9 Å². The van der Waals surface area contributed by atoms with Crippen LogP contribution < -0.4 is 15.4 Å². The monoisotopic (exact) mass is 412 g/mol. The van der Waals surface area contributed by atoms with Crippen molar-refractivity contribution >= 4 is 23.5 Å². The van der Waals surface area contributed by atoms with Crippen LogP contribution >= 0.6 is 0 Å². The Balaban J connectivity index is 1.70. The zero-order chi connectivity index (χ0) is 21.3.